The van der Waals surface area contributed by atoms with Crippen molar-refractivity contribution in [1.82, 2.24) is 15.5 Å². The number of likely N-dealkylation sites (N-methyl/N-ethyl adjacent to an activating group) is 1. The number of rotatable bonds is 4. The summed E-state index contributed by atoms with van der Waals surface area (Å²) in [5.41, 5.74) is 0. The first-order chi connectivity index (χ1) is 5.83. The SMILES string of the molecule is CCCN(C)CC1CNCCN1. The van der Waals surface area contributed by atoms with Crippen molar-refractivity contribution in [2.24, 2.45) is 0 Å². The number of nitrogens with zero attached hydrogens (tertiary/aromatic N) is 1. The van der Waals surface area contributed by atoms with Gasteiger partial charge in [-0.2, -0.15) is 0 Å². The monoisotopic (exact) mass is 171 g/mol. The molecule has 0 aromatic carbocycles. The molecule has 1 aliphatic heterocycles. The van der Waals surface area contributed by atoms with Crippen molar-refractivity contribution in [3.8, 4) is 0 Å². The van der Waals surface area contributed by atoms with Gasteiger partial charge < -0.3 is 15.5 Å². The van der Waals surface area contributed by atoms with Crippen LogP contribution in [0.2, 0.25) is 0 Å². The summed E-state index contributed by atoms with van der Waals surface area (Å²) in [6.07, 6.45) is 1.25. The number of nitrogens with one attached hydrogen (secondary N) is 2. The van der Waals surface area contributed by atoms with Gasteiger partial charge in [-0.05, 0) is 20.0 Å². The van der Waals surface area contributed by atoms with E-state index in [1.54, 1.807) is 0 Å². The maximum Gasteiger partial charge on any atom is 0.0320 e. The minimum absolute atomic E-state index is 0.648. The topological polar surface area (TPSA) is 27.3 Å². The number of hydrogen-bond donors (Lipinski definition) is 2. The van der Waals surface area contributed by atoms with Crippen molar-refractivity contribution in [2.75, 3.05) is 39.8 Å². The highest BCUT2D eigenvalue weighted by Gasteiger charge is 2.12. The maximum absolute atomic E-state index is 3.50. The second-order valence-electron chi connectivity index (χ2n) is 3.62. The summed E-state index contributed by atoms with van der Waals surface area (Å²) in [7, 11) is 2.19. The van der Waals surface area contributed by atoms with Crippen LogP contribution in [-0.2, 0) is 0 Å². The lowest BCUT2D eigenvalue weighted by atomic mass is 10.2. The van der Waals surface area contributed by atoms with Gasteiger partial charge in [0, 0.05) is 32.2 Å². The van der Waals surface area contributed by atoms with Gasteiger partial charge in [0.2, 0.25) is 0 Å². The lowest BCUT2D eigenvalue weighted by Crippen LogP contribution is -2.52. The van der Waals surface area contributed by atoms with E-state index in [2.05, 4.69) is 29.5 Å². The summed E-state index contributed by atoms with van der Waals surface area (Å²) in [6, 6.07) is 0.648. The molecule has 0 radical (unpaired) electrons. The third-order valence-corrected chi connectivity index (χ3v) is 2.26. The molecule has 3 heteroatoms. The summed E-state index contributed by atoms with van der Waals surface area (Å²) < 4.78 is 0. The molecule has 3 nitrogen and oxygen atoms in total. The van der Waals surface area contributed by atoms with Gasteiger partial charge in [0.15, 0.2) is 0 Å². The molecule has 0 aliphatic carbocycles. The van der Waals surface area contributed by atoms with Gasteiger partial charge in [-0.15, -0.1) is 0 Å². The van der Waals surface area contributed by atoms with Crippen molar-refractivity contribution >= 4 is 0 Å². The maximum atomic E-state index is 3.50. The van der Waals surface area contributed by atoms with Crippen LogP contribution in [0, 0.1) is 0 Å². The fraction of sp³-hybridized carbons (Fsp3) is 1.00. The molecular weight excluding hydrogens is 150 g/mol. The summed E-state index contributed by atoms with van der Waals surface area (Å²) >= 11 is 0. The first kappa shape index (κ1) is 9.96. The highest BCUT2D eigenvalue weighted by Crippen LogP contribution is 1.92. The van der Waals surface area contributed by atoms with E-state index < -0.39 is 0 Å². The van der Waals surface area contributed by atoms with E-state index in [0.717, 1.165) is 19.6 Å². The van der Waals surface area contributed by atoms with Gasteiger partial charge in [-0.3, -0.25) is 0 Å². The van der Waals surface area contributed by atoms with Crippen LogP contribution in [0.3, 0.4) is 0 Å². The fourth-order valence-electron chi connectivity index (χ4n) is 1.69. The first-order valence-electron chi connectivity index (χ1n) is 4.95. The summed E-state index contributed by atoms with van der Waals surface area (Å²) in [6.45, 7) is 7.95. The van der Waals surface area contributed by atoms with Crippen molar-refractivity contribution < 1.29 is 0 Å². The number of hydrogen-bond acceptors (Lipinski definition) is 3. The lowest BCUT2D eigenvalue weighted by molar-refractivity contribution is 0.270. The van der Waals surface area contributed by atoms with Crippen LogP contribution in [-0.4, -0.2) is 50.7 Å². The van der Waals surface area contributed by atoms with Gasteiger partial charge in [-0.1, -0.05) is 6.92 Å². The van der Waals surface area contributed by atoms with Crippen molar-refractivity contribution in [3.63, 3.8) is 0 Å². The average molecular weight is 171 g/mol. The van der Waals surface area contributed by atoms with Crippen molar-refractivity contribution in [1.29, 1.82) is 0 Å². The van der Waals surface area contributed by atoms with E-state index in [0.29, 0.717) is 6.04 Å². The molecule has 1 aliphatic rings. The Morgan fingerprint density at radius 1 is 1.42 bits per heavy atom. The van der Waals surface area contributed by atoms with Gasteiger partial charge >= 0.3 is 0 Å². The molecule has 0 spiro atoms. The van der Waals surface area contributed by atoms with Gasteiger partial charge in [0.25, 0.3) is 0 Å². The summed E-state index contributed by atoms with van der Waals surface area (Å²) in [5.74, 6) is 0. The molecule has 0 amide bonds. The van der Waals surface area contributed by atoms with E-state index >= 15 is 0 Å². The highest BCUT2D eigenvalue weighted by atomic mass is 15.2. The highest BCUT2D eigenvalue weighted by molar-refractivity contribution is 4.77. The second-order valence-corrected chi connectivity index (χ2v) is 3.62. The van der Waals surface area contributed by atoms with Gasteiger partial charge in [0.05, 0.1) is 0 Å². The molecular formula is C9H21N3. The predicted octanol–water partition coefficient (Wildman–Crippen LogP) is -0.110. The minimum atomic E-state index is 0.648. The van der Waals surface area contributed by atoms with E-state index in [9.17, 15) is 0 Å². The number of piperazine rings is 1. The quantitative estimate of drug-likeness (QED) is 0.618. The molecule has 2 N–H and O–H groups in total. The zero-order chi connectivity index (χ0) is 8.81. The van der Waals surface area contributed by atoms with E-state index in [1.165, 1.54) is 19.5 Å². The largest absolute Gasteiger partial charge is 0.314 e. The minimum Gasteiger partial charge on any atom is -0.314 e. The molecule has 0 saturated carbocycles. The zero-order valence-electron chi connectivity index (χ0n) is 8.27. The molecule has 72 valence electrons. The fourth-order valence-corrected chi connectivity index (χ4v) is 1.69. The third-order valence-electron chi connectivity index (χ3n) is 2.26. The lowest BCUT2D eigenvalue weighted by Gasteiger charge is -2.28. The molecule has 1 rings (SSSR count). The molecule has 1 atom stereocenters. The standard InChI is InChI=1S/C9H21N3/c1-3-6-12(2)8-9-7-10-4-5-11-9/h9-11H,3-8H2,1-2H3. The van der Waals surface area contributed by atoms with Crippen LogP contribution in [0.5, 0.6) is 0 Å². The van der Waals surface area contributed by atoms with Crippen molar-refractivity contribution in [2.45, 2.75) is 19.4 Å². The Morgan fingerprint density at radius 2 is 2.25 bits per heavy atom. The normalized spacial score (nSPS) is 24.8. The van der Waals surface area contributed by atoms with E-state index in [1.807, 2.05) is 0 Å². The van der Waals surface area contributed by atoms with Crippen LogP contribution in [0.1, 0.15) is 13.3 Å². The van der Waals surface area contributed by atoms with E-state index in [-0.39, 0.29) is 0 Å². The van der Waals surface area contributed by atoms with Crippen LogP contribution in [0.4, 0.5) is 0 Å². The Bertz CT molecular complexity index is 110. The molecule has 1 unspecified atom stereocenters. The Kier molecular flexibility index (Phi) is 4.58. The Hall–Kier alpha value is -0.120. The van der Waals surface area contributed by atoms with Crippen molar-refractivity contribution in [3.05, 3.63) is 0 Å². The molecule has 1 fully saturated rings. The molecule has 0 bridgehead atoms. The molecule has 12 heavy (non-hydrogen) atoms. The Morgan fingerprint density at radius 3 is 2.83 bits per heavy atom. The molecule has 1 heterocycles. The molecule has 0 aromatic rings. The third kappa shape index (κ3) is 3.52. The summed E-state index contributed by atoms with van der Waals surface area (Å²) in [4.78, 5) is 2.39. The zero-order valence-corrected chi connectivity index (χ0v) is 8.27. The van der Waals surface area contributed by atoms with Crippen LogP contribution < -0.4 is 10.6 Å². The first-order valence-corrected chi connectivity index (χ1v) is 4.95. The molecule has 1 saturated heterocycles. The Labute approximate surface area is 75.5 Å². The summed E-state index contributed by atoms with van der Waals surface area (Å²) in [5, 5.41) is 6.90. The predicted molar refractivity (Wildman–Crippen MR) is 52.4 cm³/mol. The van der Waals surface area contributed by atoms with Crippen LogP contribution >= 0.6 is 0 Å². The second kappa shape index (κ2) is 5.51. The van der Waals surface area contributed by atoms with Crippen LogP contribution in [0.25, 0.3) is 0 Å². The average Bonchev–Trinajstić information content (AvgIpc) is 2.06. The van der Waals surface area contributed by atoms with E-state index in [4.69, 9.17) is 0 Å². The van der Waals surface area contributed by atoms with Gasteiger partial charge in [-0.25, -0.2) is 0 Å². The van der Waals surface area contributed by atoms with Gasteiger partial charge in [0.1, 0.15) is 0 Å². The molecule has 0 aromatic heterocycles. The van der Waals surface area contributed by atoms with Crippen LogP contribution in [0.15, 0.2) is 0 Å². The smallest absolute Gasteiger partial charge is 0.0320 e. The Balaban J connectivity index is 2.11.